The number of nitriles is 1. The SMILES string of the molecule is C=Cc1ccc(CNC(=S)N2CCN(c3ccc(-c4cc(-c5cnn(C)c5)cn5ncc(C#N)c45)cn3)CC2)cc1OC. The predicted molar refractivity (Wildman–Crippen MR) is 172 cm³/mol. The summed E-state index contributed by atoms with van der Waals surface area (Å²) in [6.07, 6.45) is 11.0. The summed E-state index contributed by atoms with van der Waals surface area (Å²) in [6.45, 7) is 7.65. The van der Waals surface area contributed by atoms with Crippen LogP contribution in [0, 0.1) is 11.3 Å². The van der Waals surface area contributed by atoms with E-state index in [2.05, 4.69) is 56.2 Å². The minimum absolute atomic E-state index is 0.519. The van der Waals surface area contributed by atoms with Crippen LogP contribution < -0.4 is 15.0 Å². The number of ether oxygens (including phenoxy) is 1. The Hall–Kier alpha value is -5.21. The van der Waals surface area contributed by atoms with E-state index >= 15 is 0 Å². The molecule has 216 valence electrons. The molecule has 1 saturated heterocycles. The van der Waals surface area contributed by atoms with Gasteiger partial charge >= 0.3 is 0 Å². The van der Waals surface area contributed by atoms with Crippen LogP contribution in [0.1, 0.15) is 16.7 Å². The third-order valence-electron chi connectivity index (χ3n) is 7.68. The summed E-state index contributed by atoms with van der Waals surface area (Å²) in [5.74, 6) is 1.71. The first-order chi connectivity index (χ1) is 21.0. The van der Waals surface area contributed by atoms with Crippen molar-refractivity contribution in [3.05, 3.63) is 90.7 Å². The number of nitrogens with zero attached hydrogens (tertiary/aromatic N) is 8. The minimum Gasteiger partial charge on any atom is -0.496 e. The zero-order chi connectivity index (χ0) is 29.9. The molecule has 1 fully saturated rings. The Labute approximate surface area is 255 Å². The topological polar surface area (TPSA) is 99.5 Å². The van der Waals surface area contributed by atoms with Gasteiger partial charge in [0.15, 0.2) is 5.11 Å². The highest BCUT2D eigenvalue weighted by Gasteiger charge is 2.21. The molecule has 5 heterocycles. The van der Waals surface area contributed by atoms with E-state index in [-0.39, 0.29) is 0 Å². The maximum absolute atomic E-state index is 9.73. The Kier molecular flexibility index (Phi) is 7.77. The van der Waals surface area contributed by atoms with Gasteiger partial charge in [0, 0.05) is 86.2 Å². The number of rotatable bonds is 7. The molecule has 0 bridgehead atoms. The highest BCUT2D eigenvalue weighted by molar-refractivity contribution is 7.80. The van der Waals surface area contributed by atoms with E-state index in [1.807, 2.05) is 50.0 Å². The summed E-state index contributed by atoms with van der Waals surface area (Å²) in [6, 6.07) is 14.5. The minimum atomic E-state index is 0.519. The Morgan fingerprint density at radius 2 is 1.88 bits per heavy atom. The highest BCUT2D eigenvalue weighted by Crippen LogP contribution is 2.32. The fourth-order valence-corrected chi connectivity index (χ4v) is 5.60. The number of piperazine rings is 1. The second-order valence-electron chi connectivity index (χ2n) is 10.3. The quantitative estimate of drug-likeness (QED) is 0.275. The van der Waals surface area contributed by atoms with Gasteiger partial charge in [-0.15, -0.1) is 0 Å². The van der Waals surface area contributed by atoms with Crippen LogP contribution in [0.5, 0.6) is 5.75 Å². The molecule has 1 N–H and O–H groups in total. The molecule has 10 nitrogen and oxygen atoms in total. The van der Waals surface area contributed by atoms with Gasteiger partial charge in [0.05, 0.1) is 30.6 Å². The summed E-state index contributed by atoms with van der Waals surface area (Å²) in [5, 5.41) is 22.6. The van der Waals surface area contributed by atoms with E-state index < -0.39 is 0 Å². The van der Waals surface area contributed by atoms with Crippen molar-refractivity contribution in [3.63, 3.8) is 0 Å². The van der Waals surface area contributed by atoms with Crippen molar-refractivity contribution in [1.29, 1.82) is 5.26 Å². The summed E-state index contributed by atoms with van der Waals surface area (Å²) < 4.78 is 8.99. The zero-order valence-electron chi connectivity index (χ0n) is 24.1. The third-order valence-corrected chi connectivity index (χ3v) is 8.08. The van der Waals surface area contributed by atoms with Crippen molar-refractivity contribution in [2.24, 2.45) is 7.05 Å². The van der Waals surface area contributed by atoms with Crippen LogP contribution in [0.2, 0.25) is 0 Å². The second kappa shape index (κ2) is 12.0. The van der Waals surface area contributed by atoms with Gasteiger partial charge in [-0.2, -0.15) is 15.5 Å². The van der Waals surface area contributed by atoms with Crippen LogP contribution in [-0.4, -0.2) is 67.7 Å². The summed E-state index contributed by atoms with van der Waals surface area (Å²) in [7, 11) is 3.55. The summed E-state index contributed by atoms with van der Waals surface area (Å²) >= 11 is 5.71. The maximum atomic E-state index is 9.73. The molecule has 0 unspecified atom stereocenters. The molecule has 0 radical (unpaired) electrons. The van der Waals surface area contributed by atoms with E-state index in [4.69, 9.17) is 21.9 Å². The molecule has 1 aliphatic heterocycles. The fourth-order valence-electron chi connectivity index (χ4n) is 5.35. The standard InChI is InChI=1S/C32H31N9OS/c1-4-23-6-5-22(13-29(23)42-3)16-35-32(43)40-11-9-39(10-12-40)30-8-7-24(17-34-30)28-14-25(27-19-36-38(2)20-27)21-41-31(28)26(15-33)18-37-41/h4-8,13-14,17-21H,1,9-12,16H2,2-3H3,(H,35,43). The van der Waals surface area contributed by atoms with Gasteiger partial charge in [0.2, 0.25) is 0 Å². The number of thiocarbonyl (C=S) groups is 1. The third kappa shape index (κ3) is 5.65. The fraction of sp³-hybridized carbons (Fsp3) is 0.219. The first-order valence-corrected chi connectivity index (χ1v) is 14.3. The number of benzene rings is 1. The lowest BCUT2D eigenvalue weighted by Crippen LogP contribution is -2.51. The van der Waals surface area contributed by atoms with Gasteiger partial charge in [0.25, 0.3) is 0 Å². The van der Waals surface area contributed by atoms with Gasteiger partial charge in [-0.05, 0) is 42.0 Å². The van der Waals surface area contributed by atoms with E-state index in [0.29, 0.717) is 12.1 Å². The van der Waals surface area contributed by atoms with Gasteiger partial charge in [-0.25, -0.2) is 9.50 Å². The molecule has 11 heteroatoms. The van der Waals surface area contributed by atoms with E-state index in [1.54, 1.807) is 28.6 Å². The van der Waals surface area contributed by atoms with Gasteiger partial charge in [-0.1, -0.05) is 24.8 Å². The lowest BCUT2D eigenvalue weighted by Gasteiger charge is -2.36. The number of hydrogen-bond acceptors (Lipinski definition) is 7. The molecule has 0 spiro atoms. The monoisotopic (exact) mass is 589 g/mol. The number of nitrogens with one attached hydrogen (secondary N) is 1. The van der Waals surface area contributed by atoms with Crippen molar-refractivity contribution < 1.29 is 4.74 Å². The van der Waals surface area contributed by atoms with Crippen LogP contribution in [0.3, 0.4) is 0 Å². The summed E-state index contributed by atoms with van der Waals surface area (Å²) in [4.78, 5) is 9.28. The number of hydrogen-bond donors (Lipinski definition) is 1. The number of methoxy groups -OCH3 is 1. The Morgan fingerprint density at radius 1 is 1.05 bits per heavy atom. The van der Waals surface area contributed by atoms with Crippen LogP contribution in [0.25, 0.3) is 33.8 Å². The maximum Gasteiger partial charge on any atom is 0.169 e. The van der Waals surface area contributed by atoms with Crippen LogP contribution in [-0.2, 0) is 13.6 Å². The number of fused-ring (bicyclic) bond motifs is 1. The molecule has 5 aromatic rings. The molecule has 0 saturated carbocycles. The summed E-state index contributed by atoms with van der Waals surface area (Å²) in [5.41, 5.74) is 7.08. The molecule has 0 atom stereocenters. The smallest absolute Gasteiger partial charge is 0.169 e. The van der Waals surface area contributed by atoms with Crippen LogP contribution in [0.4, 0.5) is 5.82 Å². The van der Waals surface area contributed by atoms with Crippen molar-refractivity contribution in [2.75, 3.05) is 38.2 Å². The van der Waals surface area contributed by atoms with Crippen LogP contribution >= 0.6 is 12.2 Å². The number of aromatic nitrogens is 5. The van der Waals surface area contributed by atoms with Gasteiger partial charge < -0.3 is 19.9 Å². The van der Waals surface area contributed by atoms with E-state index in [0.717, 1.165) is 81.8 Å². The second-order valence-corrected chi connectivity index (χ2v) is 10.7. The molecule has 4 aromatic heterocycles. The lowest BCUT2D eigenvalue weighted by atomic mass is 10.0. The van der Waals surface area contributed by atoms with Crippen molar-refractivity contribution in [2.45, 2.75) is 6.54 Å². The number of aryl methyl sites for hydroxylation is 1. The molecule has 0 amide bonds. The molecule has 43 heavy (non-hydrogen) atoms. The zero-order valence-corrected chi connectivity index (χ0v) is 24.9. The van der Waals surface area contributed by atoms with Gasteiger partial charge in [0.1, 0.15) is 17.6 Å². The molecular formula is C32H31N9OS. The molecule has 6 rings (SSSR count). The Morgan fingerprint density at radius 3 is 2.56 bits per heavy atom. The highest BCUT2D eigenvalue weighted by atomic mass is 32.1. The van der Waals surface area contributed by atoms with Gasteiger partial charge in [-0.3, -0.25) is 4.68 Å². The number of anilines is 1. The lowest BCUT2D eigenvalue weighted by molar-refractivity contribution is 0.378. The molecule has 0 aliphatic carbocycles. The molecular weight excluding hydrogens is 558 g/mol. The Balaban J connectivity index is 1.13. The largest absolute Gasteiger partial charge is 0.496 e. The average Bonchev–Trinajstić information content (AvgIpc) is 3.69. The molecule has 1 aromatic carbocycles. The first kappa shape index (κ1) is 27.9. The van der Waals surface area contributed by atoms with Crippen LogP contribution in [0.15, 0.2) is 74.0 Å². The van der Waals surface area contributed by atoms with Crippen molar-refractivity contribution in [1.82, 2.24) is 34.6 Å². The Bertz CT molecular complexity index is 1840. The first-order valence-electron chi connectivity index (χ1n) is 13.9. The normalized spacial score (nSPS) is 13.1. The average molecular weight is 590 g/mol. The van der Waals surface area contributed by atoms with E-state index in [1.165, 1.54) is 0 Å². The van der Waals surface area contributed by atoms with Crippen molar-refractivity contribution in [3.8, 4) is 34.1 Å². The predicted octanol–water partition coefficient (Wildman–Crippen LogP) is 4.52. The number of pyridine rings is 2. The van der Waals surface area contributed by atoms with E-state index in [9.17, 15) is 5.26 Å². The molecule has 1 aliphatic rings. The van der Waals surface area contributed by atoms with Crippen molar-refractivity contribution >= 4 is 34.7 Å².